The molecule has 8 heteroatoms. The van der Waals surface area contributed by atoms with Crippen molar-refractivity contribution in [2.24, 2.45) is 0 Å². The number of anilines is 2. The second-order valence-electron chi connectivity index (χ2n) is 8.24. The van der Waals surface area contributed by atoms with Gasteiger partial charge in [0.25, 0.3) is 0 Å². The van der Waals surface area contributed by atoms with Gasteiger partial charge in [0, 0.05) is 69.2 Å². The lowest BCUT2D eigenvalue weighted by Gasteiger charge is -2.26. The van der Waals surface area contributed by atoms with Gasteiger partial charge in [0.1, 0.15) is 11.9 Å². The number of rotatable bonds is 6. The molecular formula is C24H30N6OS. The molecule has 2 fully saturated rings. The molecule has 1 aromatic carbocycles. The molecule has 3 heterocycles. The Morgan fingerprint density at radius 3 is 2.78 bits per heavy atom. The van der Waals surface area contributed by atoms with Crippen molar-refractivity contribution < 1.29 is 4.79 Å². The minimum Gasteiger partial charge on any atom is -0.354 e. The molecule has 1 N–H and O–H groups in total. The maximum Gasteiger partial charge on any atom is 0.238 e. The highest BCUT2D eigenvalue weighted by atomic mass is 32.2. The molecule has 1 amide bonds. The molecule has 4 rings (SSSR count). The number of pyridine rings is 1. The Bertz CT molecular complexity index is 956. The predicted molar refractivity (Wildman–Crippen MR) is 130 cm³/mol. The van der Waals surface area contributed by atoms with Crippen LogP contribution in [0, 0.1) is 11.3 Å². The van der Waals surface area contributed by atoms with E-state index < -0.39 is 0 Å². The molecule has 2 saturated heterocycles. The van der Waals surface area contributed by atoms with Crippen molar-refractivity contribution in [3.8, 4) is 6.07 Å². The Balaban J connectivity index is 1.29. The van der Waals surface area contributed by atoms with Crippen molar-refractivity contribution in [3.63, 3.8) is 0 Å². The molecule has 0 bridgehead atoms. The van der Waals surface area contributed by atoms with Gasteiger partial charge in [0.15, 0.2) is 0 Å². The lowest BCUT2D eigenvalue weighted by atomic mass is 10.2. The van der Waals surface area contributed by atoms with Crippen LogP contribution in [0.3, 0.4) is 0 Å². The molecule has 1 aromatic heterocycles. The third kappa shape index (κ3) is 6.22. The van der Waals surface area contributed by atoms with Crippen LogP contribution in [0.2, 0.25) is 0 Å². The van der Waals surface area contributed by atoms with Crippen molar-refractivity contribution >= 4 is 29.2 Å². The van der Waals surface area contributed by atoms with Gasteiger partial charge in [-0.1, -0.05) is 12.1 Å². The maximum absolute atomic E-state index is 12.7. The number of nitrogens with zero attached hydrogens (tertiary/aromatic N) is 5. The highest BCUT2D eigenvalue weighted by molar-refractivity contribution is 7.99. The van der Waals surface area contributed by atoms with E-state index in [1.54, 1.807) is 18.3 Å². The Morgan fingerprint density at radius 1 is 1.06 bits per heavy atom. The molecule has 0 atom stereocenters. The summed E-state index contributed by atoms with van der Waals surface area (Å²) in [6.45, 7) is 6.76. The summed E-state index contributed by atoms with van der Waals surface area (Å²) in [6, 6.07) is 14.0. The van der Waals surface area contributed by atoms with Gasteiger partial charge in [0.05, 0.1) is 12.1 Å². The molecule has 2 aliphatic heterocycles. The molecule has 0 spiro atoms. The van der Waals surface area contributed by atoms with Crippen LogP contribution in [-0.2, 0) is 11.3 Å². The first-order valence-corrected chi connectivity index (χ1v) is 12.4. The third-order valence-corrected chi connectivity index (χ3v) is 6.83. The molecule has 0 radical (unpaired) electrons. The fourth-order valence-corrected chi connectivity index (χ4v) is 5.22. The molecule has 2 aliphatic rings. The molecule has 32 heavy (non-hydrogen) atoms. The molecule has 168 valence electrons. The number of nitrogens with one attached hydrogen (secondary N) is 1. The minimum atomic E-state index is 0.0144. The van der Waals surface area contributed by atoms with Gasteiger partial charge in [-0.3, -0.25) is 14.6 Å². The zero-order valence-electron chi connectivity index (χ0n) is 18.4. The van der Waals surface area contributed by atoms with E-state index in [1.165, 1.54) is 17.1 Å². The van der Waals surface area contributed by atoms with Crippen molar-refractivity contribution in [3.05, 3.63) is 53.7 Å². The number of amides is 1. The number of nitriles is 1. The summed E-state index contributed by atoms with van der Waals surface area (Å²) < 4.78 is 0. The quantitative estimate of drug-likeness (QED) is 0.725. The van der Waals surface area contributed by atoms with E-state index in [1.807, 2.05) is 23.9 Å². The zero-order chi connectivity index (χ0) is 22.2. The van der Waals surface area contributed by atoms with Gasteiger partial charge >= 0.3 is 0 Å². The van der Waals surface area contributed by atoms with Crippen molar-refractivity contribution in [1.29, 1.82) is 5.26 Å². The van der Waals surface area contributed by atoms with Crippen molar-refractivity contribution in [2.75, 3.05) is 67.5 Å². The van der Waals surface area contributed by atoms with Crippen molar-refractivity contribution in [2.45, 2.75) is 13.0 Å². The fourth-order valence-electron chi connectivity index (χ4n) is 4.25. The van der Waals surface area contributed by atoms with E-state index in [9.17, 15) is 10.1 Å². The topological polar surface area (TPSA) is 75.5 Å². The van der Waals surface area contributed by atoms with Gasteiger partial charge in [-0.15, -0.1) is 0 Å². The highest BCUT2D eigenvalue weighted by Crippen LogP contribution is 2.19. The van der Waals surface area contributed by atoms with Crippen LogP contribution in [0.5, 0.6) is 0 Å². The first kappa shape index (κ1) is 22.6. The molecule has 7 nitrogen and oxygen atoms in total. The standard InChI is InChI=1S/C24H30N6OS/c25-17-21-5-2-7-26-24(21)30-9-3-8-28(10-11-30)19-23(31)27-22-6-1-4-20(16-22)18-29-12-14-32-15-13-29/h1-2,4-7,16H,3,8-15,18-19H2,(H,27,31). The van der Waals surface area contributed by atoms with Gasteiger partial charge < -0.3 is 10.2 Å². The van der Waals surface area contributed by atoms with Gasteiger partial charge in [-0.2, -0.15) is 17.0 Å². The first-order valence-electron chi connectivity index (χ1n) is 11.2. The number of hydrogen-bond donors (Lipinski definition) is 1. The molecular weight excluding hydrogens is 420 g/mol. The zero-order valence-corrected chi connectivity index (χ0v) is 19.2. The van der Waals surface area contributed by atoms with Crippen LogP contribution in [-0.4, -0.2) is 78.0 Å². The first-order chi connectivity index (χ1) is 15.7. The highest BCUT2D eigenvalue weighted by Gasteiger charge is 2.20. The van der Waals surface area contributed by atoms with Crippen LogP contribution in [0.15, 0.2) is 42.6 Å². The fraction of sp³-hybridized carbons (Fsp3) is 0.458. The SMILES string of the molecule is N#Cc1cccnc1N1CCCN(CC(=O)Nc2cccc(CN3CCSCC3)c2)CC1. The normalized spacial score (nSPS) is 18.0. The lowest BCUT2D eigenvalue weighted by molar-refractivity contribution is -0.117. The summed E-state index contributed by atoms with van der Waals surface area (Å²) in [5, 5.41) is 12.4. The average molecular weight is 451 g/mol. The lowest BCUT2D eigenvalue weighted by Crippen LogP contribution is -2.36. The van der Waals surface area contributed by atoms with Gasteiger partial charge in [-0.25, -0.2) is 4.98 Å². The second kappa shape index (κ2) is 11.3. The number of thioether (sulfide) groups is 1. The van der Waals surface area contributed by atoms with Crippen LogP contribution in [0.1, 0.15) is 17.5 Å². The van der Waals surface area contributed by atoms with Crippen LogP contribution in [0.25, 0.3) is 0 Å². The average Bonchev–Trinajstić information content (AvgIpc) is 3.05. The number of carbonyl (C=O) groups excluding carboxylic acids is 1. The number of aromatic nitrogens is 1. The van der Waals surface area contributed by atoms with E-state index in [2.05, 4.69) is 43.2 Å². The number of benzene rings is 1. The second-order valence-corrected chi connectivity index (χ2v) is 9.46. The molecule has 0 aliphatic carbocycles. The third-order valence-electron chi connectivity index (χ3n) is 5.88. The van der Waals surface area contributed by atoms with Gasteiger partial charge in [-0.05, 0) is 36.2 Å². The van der Waals surface area contributed by atoms with E-state index in [0.29, 0.717) is 12.1 Å². The summed E-state index contributed by atoms with van der Waals surface area (Å²) in [4.78, 5) is 23.9. The minimum absolute atomic E-state index is 0.0144. The van der Waals surface area contributed by atoms with Crippen LogP contribution < -0.4 is 10.2 Å². The summed E-state index contributed by atoms with van der Waals surface area (Å²) in [5.74, 6) is 3.15. The smallest absolute Gasteiger partial charge is 0.238 e. The van der Waals surface area contributed by atoms with Gasteiger partial charge in [0.2, 0.25) is 5.91 Å². The Labute approximate surface area is 194 Å². The monoisotopic (exact) mass is 450 g/mol. The van der Waals surface area contributed by atoms with E-state index in [-0.39, 0.29) is 5.91 Å². The Hall–Kier alpha value is -2.60. The summed E-state index contributed by atoms with van der Waals surface area (Å²) in [7, 11) is 0. The molecule has 0 saturated carbocycles. The predicted octanol–water partition coefficient (Wildman–Crippen LogP) is 2.65. The van der Waals surface area contributed by atoms with Crippen molar-refractivity contribution in [1.82, 2.24) is 14.8 Å². The largest absolute Gasteiger partial charge is 0.354 e. The summed E-state index contributed by atoms with van der Waals surface area (Å²) in [5.41, 5.74) is 2.70. The number of hydrogen-bond acceptors (Lipinski definition) is 7. The van der Waals surface area contributed by atoms with E-state index in [4.69, 9.17) is 0 Å². The molecule has 0 unspecified atom stereocenters. The van der Waals surface area contributed by atoms with Crippen LogP contribution >= 0.6 is 11.8 Å². The maximum atomic E-state index is 12.7. The molecule has 2 aromatic rings. The van der Waals surface area contributed by atoms with E-state index >= 15 is 0 Å². The van der Waals surface area contributed by atoms with Crippen LogP contribution in [0.4, 0.5) is 11.5 Å². The van der Waals surface area contributed by atoms with E-state index in [0.717, 1.165) is 63.7 Å². The Morgan fingerprint density at radius 2 is 1.94 bits per heavy atom. The summed E-state index contributed by atoms with van der Waals surface area (Å²) >= 11 is 2.02. The Kier molecular flexibility index (Phi) is 7.99. The summed E-state index contributed by atoms with van der Waals surface area (Å²) in [6.07, 6.45) is 2.66. The number of carbonyl (C=O) groups is 1.